The van der Waals surface area contributed by atoms with E-state index in [0.717, 1.165) is 0 Å². The first-order valence-electron chi connectivity index (χ1n) is 6.73. The largest absolute Gasteiger partial charge is 0.492 e. The second kappa shape index (κ2) is 3.92. The van der Waals surface area contributed by atoms with E-state index in [1.165, 1.54) is 6.07 Å². The summed E-state index contributed by atoms with van der Waals surface area (Å²) in [6.45, 7) is 0.349. The number of carbonyl (C=O) groups excluding carboxylic acids is 1. The molecule has 2 aromatic carbocycles. The molecule has 0 aromatic heterocycles. The molecular weight excluding hydrogens is 255 g/mol. The van der Waals surface area contributed by atoms with Crippen molar-refractivity contribution in [2.45, 2.75) is 12.3 Å². The van der Waals surface area contributed by atoms with Crippen LogP contribution in [0.2, 0.25) is 0 Å². The van der Waals surface area contributed by atoms with Gasteiger partial charge in [0.1, 0.15) is 18.2 Å². The summed E-state index contributed by atoms with van der Waals surface area (Å²) in [7, 11) is 0. The van der Waals surface area contributed by atoms with Gasteiger partial charge in [-0.05, 0) is 30.2 Å². The van der Waals surface area contributed by atoms with Crippen LogP contribution >= 0.6 is 0 Å². The van der Waals surface area contributed by atoms with Crippen LogP contribution in [-0.4, -0.2) is 12.4 Å². The maximum absolute atomic E-state index is 13.9. The lowest BCUT2D eigenvalue weighted by Gasteiger charge is -2.25. The van der Waals surface area contributed by atoms with E-state index in [1.807, 2.05) is 18.2 Å². The van der Waals surface area contributed by atoms with E-state index in [1.54, 1.807) is 24.3 Å². The summed E-state index contributed by atoms with van der Waals surface area (Å²) in [6, 6.07) is 14.0. The fourth-order valence-electron chi connectivity index (χ4n) is 3.20. The first-order chi connectivity index (χ1) is 9.72. The van der Waals surface area contributed by atoms with Crippen LogP contribution in [0, 0.1) is 11.2 Å². The molecule has 1 aliphatic heterocycles. The Labute approximate surface area is 116 Å². The Morgan fingerprint density at radius 1 is 1.10 bits per heavy atom. The normalized spacial score (nSPS) is 27.1. The van der Waals surface area contributed by atoms with Gasteiger partial charge in [-0.3, -0.25) is 4.79 Å². The smallest absolute Gasteiger partial charge is 0.176 e. The van der Waals surface area contributed by atoms with E-state index >= 15 is 0 Å². The molecule has 4 rings (SSSR count). The standard InChI is InChI=1S/C17H13FO2/c18-14-7-3-1-5-11(14)13-9-17(13)10-20-15-8-4-2-6-12(15)16(17)19/h1-8,13H,9-10H2/t13-,17+/m0/s1. The number of benzene rings is 2. The minimum atomic E-state index is -0.559. The molecule has 0 N–H and O–H groups in total. The zero-order valence-corrected chi connectivity index (χ0v) is 10.8. The number of rotatable bonds is 1. The summed E-state index contributed by atoms with van der Waals surface area (Å²) < 4.78 is 19.6. The predicted octanol–water partition coefficient (Wildman–Crippen LogP) is 3.57. The van der Waals surface area contributed by atoms with Gasteiger partial charge in [0, 0.05) is 5.92 Å². The first kappa shape index (κ1) is 11.6. The molecule has 2 atom stereocenters. The second-order valence-corrected chi connectivity index (χ2v) is 5.55. The van der Waals surface area contributed by atoms with Crippen molar-refractivity contribution in [3.8, 4) is 5.75 Å². The molecule has 1 heterocycles. The number of carbonyl (C=O) groups is 1. The highest BCUT2D eigenvalue weighted by Crippen LogP contribution is 2.63. The van der Waals surface area contributed by atoms with Crippen LogP contribution in [0.5, 0.6) is 5.75 Å². The van der Waals surface area contributed by atoms with Crippen molar-refractivity contribution in [2.75, 3.05) is 6.61 Å². The molecule has 2 aliphatic rings. The van der Waals surface area contributed by atoms with Gasteiger partial charge in [-0.2, -0.15) is 0 Å². The maximum Gasteiger partial charge on any atom is 0.176 e. The fourth-order valence-corrected chi connectivity index (χ4v) is 3.20. The summed E-state index contributed by atoms with van der Waals surface area (Å²) in [5, 5.41) is 0. The topological polar surface area (TPSA) is 26.3 Å². The number of halogens is 1. The van der Waals surface area contributed by atoms with Gasteiger partial charge in [0.15, 0.2) is 5.78 Å². The predicted molar refractivity (Wildman–Crippen MR) is 72.5 cm³/mol. The third kappa shape index (κ3) is 1.46. The number of hydrogen-bond donors (Lipinski definition) is 0. The molecule has 2 aromatic rings. The van der Waals surface area contributed by atoms with Crippen LogP contribution < -0.4 is 4.74 Å². The van der Waals surface area contributed by atoms with Crippen molar-refractivity contribution < 1.29 is 13.9 Å². The molecule has 20 heavy (non-hydrogen) atoms. The highest BCUT2D eigenvalue weighted by atomic mass is 19.1. The molecular formula is C17H13FO2. The third-order valence-electron chi connectivity index (χ3n) is 4.43. The van der Waals surface area contributed by atoms with E-state index in [-0.39, 0.29) is 17.5 Å². The minimum absolute atomic E-state index is 0.0652. The van der Waals surface area contributed by atoms with Crippen molar-refractivity contribution in [1.82, 2.24) is 0 Å². The molecule has 0 bridgehead atoms. The maximum atomic E-state index is 13.9. The van der Waals surface area contributed by atoms with Crippen LogP contribution in [-0.2, 0) is 0 Å². The number of Topliss-reactive ketones (excluding diaryl/α,β-unsaturated/α-hetero) is 1. The average molecular weight is 268 g/mol. The van der Waals surface area contributed by atoms with Gasteiger partial charge in [-0.1, -0.05) is 30.3 Å². The Morgan fingerprint density at radius 2 is 1.85 bits per heavy atom. The second-order valence-electron chi connectivity index (χ2n) is 5.55. The van der Waals surface area contributed by atoms with E-state index in [4.69, 9.17) is 4.74 Å². The Kier molecular flexibility index (Phi) is 2.28. The molecule has 3 heteroatoms. The third-order valence-corrected chi connectivity index (χ3v) is 4.43. The van der Waals surface area contributed by atoms with E-state index < -0.39 is 5.41 Å². The van der Waals surface area contributed by atoms with Gasteiger partial charge >= 0.3 is 0 Å². The lowest BCUT2D eigenvalue weighted by atomic mass is 9.88. The van der Waals surface area contributed by atoms with Gasteiger partial charge < -0.3 is 4.74 Å². The zero-order valence-electron chi connectivity index (χ0n) is 10.8. The van der Waals surface area contributed by atoms with Gasteiger partial charge in [-0.15, -0.1) is 0 Å². The van der Waals surface area contributed by atoms with Crippen LogP contribution in [0.15, 0.2) is 48.5 Å². The fraction of sp³-hybridized carbons (Fsp3) is 0.235. The van der Waals surface area contributed by atoms with Gasteiger partial charge in [0.05, 0.1) is 11.0 Å². The van der Waals surface area contributed by atoms with Crippen LogP contribution in [0.1, 0.15) is 28.3 Å². The minimum Gasteiger partial charge on any atom is -0.492 e. The van der Waals surface area contributed by atoms with E-state index in [0.29, 0.717) is 29.9 Å². The Balaban J connectivity index is 1.73. The molecule has 1 aliphatic carbocycles. The molecule has 0 saturated heterocycles. The summed E-state index contributed by atoms with van der Waals surface area (Å²) in [6.07, 6.45) is 0.668. The van der Waals surface area contributed by atoms with Crippen molar-refractivity contribution in [2.24, 2.45) is 5.41 Å². The summed E-state index contributed by atoms with van der Waals surface area (Å²) >= 11 is 0. The summed E-state index contributed by atoms with van der Waals surface area (Å²) in [4.78, 5) is 12.7. The number of ether oxygens (including phenoxy) is 1. The summed E-state index contributed by atoms with van der Waals surface area (Å²) in [5.41, 5.74) is 0.692. The molecule has 2 nitrogen and oxygen atoms in total. The number of ketones is 1. The summed E-state index contributed by atoms with van der Waals surface area (Å²) in [5.74, 6) is 0.431. The van der Waals surface area contributed by atoms with Crippen LogP contribution in [0.4, 0.5) is 4.39 Å². The number of hydrogen-bond acceptors (Lipinski definition) is 2. The van der Waals surface area contributed by atoms with Crippen molar-refractivity contribution in [3.63, 3.8) is 0 Å². The highest BCUT2D eigenvalue weighted by molar-refractivity contribution is 6.06. The lowest BCUT2D eigenvalue weighted by molar-refractivity contribution is 0.0789. The average Bonchev–Trinajstić information content (AvgIpc) is 3.19. The SMILES string of the molecule is O=C1c2ccccc2OC[C@@]12C[C@H]2c1ccccc1F. The monoisotopic (exact) mass is 268 g/mol. The zero-order chi connectivity index (χ0) is 13.7. The molecule has 1 fully saturated rings. The Morgan fingerprint density at radius 3 is 2.70 bits per heavy atom. The molecule has 1 saturated carbocycles. The van der Waals surface area contributed by atoms with Crippen LogP contribution in [0.25, 0.3) is 0 Å². The highest BCUT2D eigenvalue weighted by Gasteiger charge is 2.63. The van der Waals surface area contributed by atoms with Crippen molar-refractivity contribution in [1.29, 1.82) is 0 Å². The Hall–Kier alpha value is -2.16. The Bertz CT molecular complexity index is 710. The quantitative estimate of drug-likeness (QED) is 0.790. The van der Waals surface area contributed by atoms with Gasteiger partial charge in [0.2, 0.25) is 0 Å². The van der Waals surface area contributed by atoms with Crippen molar-refractivity contribution in [3.05, 3.63) is 65.5 Å². The lowest BCUT2D eigenvalue weighted by Crippen LogP contribution is -2.31. The number of para-hydroxylation sites is 1. The molecule has 0 amide bonds. The molecule has 100 valence electrons. The van der Waals surface area contributed by atoms with E-state index in [2.05, 4.69) is 0 Å². The molecule has 0 unspecified atom stereocenters. The van der Waals surface area contributed by atoms with E-state index in [9.17, 15) is 9.18 Å². The molecule has 0 radical (unpaired) electrons. The van der Waals surface area contributed by atoms with Crippen molar-refractivity contribution >= 4 is 5.78 Å². The molecule has 1 spiro atoms. The van der Waals surface area contributed by atoms with Gasteiger partial charge in [-0.25, -0.2) is 4.39 Å². The van der Waals surface area contributed by atoms with Crippen LogP contribution in [0.3, 0.4) is 0 Å². The number of fused-ring (bicyclic) bond motifs is 1. The first-order valence-corrected chi connectivity index (χ1v) is 6.73. The van der Waals surface area contributed by atoms with Gasteiger partial charge in [0.25, 0.3) is 0 Å².